The van der Waals surface area contributed by atoms with Gasteiger partial charge in [0, 0.05) is 38.6 Å². The number of furan rings is 1. The van der Waals surface area contributed by atoms with Gasteiger partial charge in [-0.1, -0.05) is 0 Å². The number of carbonyl (C=O) groups excluding carboxylic acids is 1. The summed E-state index contributed by atoms with van der Waals surface area (Å²) in [5.74, 6) is -0.301. The summed E-state index contributed by atoms with van der Waals surface area (Å²) >= 11 is 0. The molecule has 1 saturated heterocycles. The summed E-state index contributed by atoms with van der Waals surface area (Å²) in [4.78, 5) is 14.7. The van der Waals surface area contributed by atoms with E-state index in [0.29, 0.717) is 5.76 Å². The first-order chi connectivity index (χ1) is 14.8. The van der Waals surface area contributed by atoms with Gasteiger partial charge in [0.25, 0.3) is 5.91 Å². The molecule has 4 rings (SSSR count). The zero-order valence-corrected chi connectivity index (χ0v) is 17.5. The number of nitrogens with zero attached hydrogens (tertiary/aromatic N) is 4. The molecule has 1 aliphatic rings. The molecule has 0 aliphatic carbocycles. The van der Waals surface area contributed by atoms with Gasteiger partial charge in [-0.05, 0) is 43.3 Å². The Morgan fingerprint density at radius 2 is 1.71 bits per heavy atom. The molecule has 8 nitrogen and oxygen atoms in total. The number of amides is 1. The van der Waals surface area contributed by atoms with Crippen LogP contribution in [0.5, 0.6) is 0 Å². The van der Waals surface area contributed by atoms with Crippen molar-refractivity contribution in [1.82, 2.24) is 13.8 Å². The van der Waals surface area contributed by atoms with Crippen molar-refractivity contribution in [2.45, 2.75) is 11.8 Å². The predicted molar refractivity (Wildman–Crippen MR) is 109 cm³/mol. The molecule has 1 aromatic carbocycles. The highest BCUT2D eigenvalue weighted by molar-refractivity contribution is 7.89. The number of hydrogen-bond acceptors (Lipinski definition) is 5. The van der Waals surface area contributed by atoms with Crippen molar-refractivity contribution >= 4 is 15.9 Å². The Hall–Kier alpha value is -3.42. The van der Waals surface area contributed by atoms with E-state index in [1.165, 1.54) is 21.3 Å². The van der Waals surface area contributed by atoms with Crippen LogP contribution in [0, 0.1) is 24.1 Å². The van der Waals surface area contributed by atoms with E-state index in [0.717, 1.165) is 12.1 Å². The summed E-state index contributed by atoms with van der Waals surface area (Å²) in [6.45, 7) is 2.13. The van der Waals surface area contributed by atoms with Gasteiger partial charge < -0.3 is 9.32 Å². The number of nitriles is 1. The second kappa shape index (κ2) is 8.02. The molecule has 1 aliphatic heterocycles. The number of piperazine rings is 1. The van der Waals surface area contributed by atoms with Gasteiger partial charge in [-0.3, -0.25) is 9.36 Å². The van der Waals surface area contributed by atoms with E-state index in [-0.39, 0.29) is 54.0 Å². The summed E-state index contributed by atoms with van der Waals surface area (Å²) in [7, 11) is -3.78. The molecule has 1 amide bonds. The minimum absolute atomic E-state index is 0.00230. The average Bonchev–Trinajstić information content (AvgIpc) is 3.41. The molecule has 10 heteroatoms. The normalized spacial score (nSPS) is 15.1. The zero-order chi connectivity index (χ0) is 22.2. The lowest BCUT2D eigenvalue weighted by Crippen LogP contribution is -2.50. The number of carbonyl (C=O) groups is 1. The summed E-state index contributed by atoms with van der Waals surface area (Å²) in [5.41, 5.74) is 0.320. The van der Waals surface area contributed by atoms with Crippen LogP contribution in [-0.2, 0) is 10.0 Å². The Kier molecular flexibility index (Phi) is 5.39. The maximum Gasteiger partial charge on any atom is 0.258 e. The van der Waals surface area contributed by atoms with Crippen molar-refractivity contribution < 1.29 is 22.0 Å². The maximum atomic E-state index is 13.1. The molecule has 0 N–H and O–H groups in total. The van der Waals surface area contributed by atoms with Crippen LogP contribution in [0.15, 0.2) is 58.1 Å². The molecule has 0 unspecified atom stereocenters. The summed E-state index contributed by atoms with van der Waals surface area (Å²) < 4.78 is 47.2. The van der Waals surface area contributed by atoms with Gasteiger partial charge in [0.15, 0.2) is 0 Å². The van der Waals surface area contributed by atoms with E-state index in [1.807, 2.05) is 0 Å². The predicted octanol–water partition coefficient (Wildman–Crippen LogP) is 2.54. The third-order valence-electron chi connectivity index (χ3n) is 5.21. The highest BCUT2D eigenvalue weighted by Crippen LogP contribution is 2.27. The molecule has 1 fully saturated rings. The molecule has 160 valence electrons. The lowest BCUT2D eigenvalue weighted by atomic mass is 10.1. The minimum atomic E-state index is -3.78. The fraction of sp³-hybridized carbons (Fsp3) is 0.238. The first-order valence-corrected chi connectivity index (χ1v) is 11.0. The van der Waals surface area contributed by atoms with E-state index in [1.54, 1.807) is 36.0 Å². The number of sulfonamides is 1. The molecule has 0 spiro atoms. The zero-order valence-electron chi connectivity index (χ0n) is 16.7. The van der Waals surface area contributed by atoms with Crippen molar-refractivity contribution in [3.8, 4) is 12.0 Å². The number of aryl methyl sites for hydroxylation is 1. The second-order valence-electron chi connectivity index (χ2n) is 7.07. The lowest BCUT2D eigenvalue weighted by Gasteiger charge is -2.34. The quantitative estimate of drug-likeness (QED) is 0.618. The molecule has 0 bridgehead atoms. The van der Waals surface area contributed by atoms with Gasteiger partial charge in [-0.2, -0.15) is 9.57 Å². The van der Waals surface area contributed by atoms with Crippen molar-refractivity contribution in [3.63, 3.8) is 0 Å². The monoisotopic (exact) mass is 442 g/mol. The maximum absolute atomic E-state index is 13.1. The van der Waals surface area contributed by atoms with Crippen LogP contribution in [0.4, 0.5) is 4.39 Å². The lowest BCUT2D eigenvalue weighted by molar-refractivity contribution is 0.0696. The van der Waals surface area contributed by atoms with Crippen LogP contribution >= 0.6 is 0 Å². The highest BCUT2D eigenvalue weighted by atomic mass is 32.2. The molecule has 31 heavy (non-hydrogen) atoms. The summed E-state index contributed by atoms with van der Waals surface area (Å²) in [5, 5.41) is 9.64. The second-order valence-corrected chi connectivity index (χ2v) is 9.00. The molecule has 3 aromatic rings. The van der Waals surface area contributed by atoms with Gasteiger partial charge in [0.05, 0.1) is 4.90 Å². The van der Waals surface area contributed by atoms with Crippen LogP contribution in [0.1, 0.15) is 21.7 Å². The number of aromatic nitrogens is 1. The van der Waals surface area contributed by atoms with Crippen LogP contribution < -0.4 is 0 Å². The van der Waals surface area contributed by atoms with Gasteiger partial charge in [-0.25, -0.2) is 12.8 Å². The van der Waals surface area contributed by atoms with E-state index >= 15 is 0 Å². The standard InChI is InChI=1S/C21H19FN4O4S/c1-15-19(18(14-23)21(30-15)25-8-2-3-9-25)20(27)24-10-12-26(13-11-24)31(28,29)17-6-4-16(22)5-7-17/h2-9H,10-13H2,1H3. The van der Waals surface area contributed by atoms with Crippen LogP contribution in [0.25, 0.3) is 5.88 Å². The molecule has 0 atom stereocenters. The Morgan fingerprint density at radius 3 is 2.29 bits per heavy atom. The van der Waals surface area contributed by atoms with Crippen LogP contribution in [0.2, 0.25) is 0 Å². The van der Waals surface area contributed by atoms with Gasteiger partial charge in [-0.15, -0.1) is 0 Å². The fourth-order valence-corrected chi connectivity index (χ4v) is 5.01. The smallest absolute Gasteiger partial charge is 0.258 e. The summed E-state index contributed by atoms with van der Waals surface area (Å²) in [6, 6.07) is 10.2. The van der Waals surface area contributed by atoms with Gasteiger partial charge >= 0.3 is 0 Å². The van der Waals surface area contributed by atoms with Crippen molar-refractivity contribution in [2.75, 3.05) is 26.2 Å². The Bertz CT molecular complexity index is 1250. The Labute approximate surface area is 178 Å². The first-order valence-electron chi connectivity index (χ1n) is 9.54. The van der Waals surface area contributed by atoms with E-state index in [9.17, 15) is 22.9 Å². The van der Waals surface area contributed by atoms with Gasteiger partial charge in [0.2, 0.25) is 15.9 Å². The van der Waals surface area contributed by atoms with Gasteiger partial charge in [0.1, 0.15) is 28.8 Å². The van der Waals surface area contributed by atoms with E-state index in [4.69, 9.17) is 4.42 Å². The van der Waals surface area contributed by atoms with Crippen LogP contribution in [-0.4, -0.2) is 54.3 Å². The summed E-state index contributed by atoms with van der Waals surface area (Å²) in [6.07, 6.45) is 3.43. The highest BCUT2D eigenvalue weighted by Gasteiger charge is 2.33. The third kappa shape index (κ3) is 3.73. The first kappa shape index (κ1) is 20.8. The molecule has 2 aromatic heterocycles. The SMILES string of the molecule is Cc1oc(-n2cccc2)c(C#N)c1C(=O)N1CCN(S(=O)(=O)c2ccc(F)cc2)CC1. The average molecular weight is 442 g/mol. The van der Waals surface area contributed by atoms with Crippen molar-refractivity contribution in [1.29, 1.82) is 5.26 Å². The largest absolute Gasteiger partial charge is 0.443 e. The molecule has 3 heterocycles. The van der Waals surface area contributed by atoms with Crippen molar-refractivity contribution in [2.24, 2.45) is 0 Å². The van der Waals surface area contributed by atoms with E-state index in [2.05, 4.69) is 6.07 Å². The molecular formula is C21H19FN4O4S. The van der Waals surface area contributed by atoms with Crippen molar-refractivity contribution in [3.05, 3.63) is 71.5 Å². The number of hydrogen-bond donors (Lipinski definition) is 0. The molecule has 0 saturated carbocycles. The van der Waals surface area contributed by atoms with E-state index < -0.39 is 15.8 Å². The number of halogens is 1. The Morgan fingerprint density at radius 1 is 1.10 bits per heavy atom. The third-order valence-corrected chi connectivity index (χ3v) is 7.12. The Balaban J connectivity index is 1.53. The molecular weight excluding hydrogens is 423 g/mol. The molecule has 0 radical (unpaired) electrons. The number of benzene rings is 1. The fourth-order valence-electron chi connectivity index (χ4n) is 3.59. The van der Waals surface area contributed by atoms with Crippen LogP contribution in [0.3, 0.4) is 0 Å². The minimum Gasteiger partial charge on any atom is -0.443 e. The topological polar surface area (TPSA) is 99.5 Å². The number of rotatable bonds is 4.